The van der Waals surface area contributed by atoms with Crippen molar-refractivity contribution in [1.29, 1.82) is 0 Å². The monoisotopic (exact) mass is 163 g/mol. The molecule has 1 rings (SSSR count). The van der Waals surface area contributed by atoms with Crippen LogP contribution in [-0.4, -0.2) is 13.7 Å². The van der Waals surface area contributed by atoms with Crippen molar-refractivity contribution in [2.45, 2.75) is 5.75 Å². The van der Waals surface area contributed by atoms with E-state index in [0.29, 0.717) is 5.69 Å². The topological polar surface area (TPSA) is 50.2 Å². The van der Waals surface area contributed by atoms with Crippen LogP contribution in [0.5, 0.6) is 0 Å². The molecule has 1 heterocycles. The maximum atomic E-state index is 10.1. The molecule has 1 unspecified atom stereocenters. The minimum Gasteiger partial charge on any atom is -0.306 e. The van der Waals surface area contributed by atoms with Crippen molar-refractivity contribution < 1.29 is 8.76 Å². The third-order valence-corrected chi connectivity index (χ3v) is 1.93. The molecule has 0 aliphatic carbocycles. The van der Waals surface area contributed by atoms with Crippen LogP contribution < -0.4 is 0 Å². The summed E-state index contributed by atoms with van der Waals surface area (Å²) in [5.74, 6) is 0.142. The molecule has 3 nitrogen and oxygen atoms in total. The molecule has 1 aromatic rings. The highest BCUT2D eigenvalue weighted by molar-refractivity contribution is 7.78. The lowest BCUT2D eigenvalue weighted by Crippen LogP contribution is -1.91. The number of hydrogen-bond donors (Lipinski definition) is 1. The van der Waals surface area contributed by atoms with Gasteiger partial charge < -0.3 is 4.55 Å². The van der Waals surface area contributed by atoms with Crippen molar-refractivity contribution in [3.63, 3.8) is 0 Å². The number of thiazole rings is 1. The van der Waals surface area contributed by atoms with Gasteiger partial charge in [0.1, 0.15) is 0 Å². The Labute approximate surface area is 59.0 Å². The van der Waals surface area contributed by atoms with E-state index < -0.39 is 11.1 Å². The summed E-state index contributed by atoms with van der Waals surface area (Å²) < 4.78 is 18.5. The second kappa shape index (κ2) is 3.05. The van der Waals surface area contributed by atoms with Gasteiger partial charge in [-0.05, 0) is 0 Å². The van der Waals surface area contributed by atoms with Gasteiger partial charge in [0.25, 0.3) is 0 Å². The third kappa shape index (κ3) is 2.21. The zero-order chi connectivity index (χ0) is 6.69. The average Bonchev–Trinajstić information content (AvgIpc) is 2.15. The Morgan fingerprint density at radius 2 is 2.67 bits per heavy atom. The van der Waals surface area contributed by atoms with E-state index in [9.17, 15) is 4.21 Å². The van der Waals surface area contributed by atoms with Crippen LogP contribution in [0.4, 0.5) is 0 Å². The Bertz CT molecular complexity index is 196. The van der Waals surface area contributed by atoms with E-state index in [1.165, 1.54) is 11.3 Å². The SMILES string of the molecule is O=S(O)Cc1cscn1. The number of aromatic nitrogens is 1. The van der Waals surface area contributed by atoms with Crippen molar-refractivity contribution in [3.8, 4) is 0 Å². The lowest BCUT2D eigenvalue weighted by atomic mass is 10.6. The maximum Gasteiger partial charge on any atom is 0.158 e. The van der Waals surface area contributed by atoms with Crippen molar-refractivity contribution in [2.75, 3.05) is 0 Å². The molecule has 0 fully saturated rings. The number of nitrogens with zero attached hydrogens (tertiary/aromatic N) is 1. The van der Waals surface area contributed by atoms with Gasteiger partial charge in [-0.15, -0.1) is 11.3 Å². The summed E-state index contributed by atoms with van der Waals surface area (Å²) in [5, 5.41) is 1.76. The van der Waals surface area contributed by atoms with Gasteiger partial charge in [-0.25, -0.2) is 9.19 Å². The van der Waals surface area contributed by atoms with E-state index in [2.05, 4.69) is 4.98 Å². The molecule has 1 N–H and O–H groups in total. The van der Waals surface area contributed by atoms with Crippen LogP contribution in [-0.2, 0) is 16.8 Å². The highest BCUT2D eigenvalue weighted by atomic mass is 32.2. The highest BCUT2D eigenvalue weighted by Gasteiger charge is 1.97. The molecule has 0 spiro atoms. The van der Waals surface area contributed by atoms with E-state index in [1.807, 2.05) is 0 Å². The molecule has 0 radical (unpaired) electrons. The Hall–Kier alpha value is -0.260. The molecule has 5 heteroatoms. The average molecular weight is 163 g/mol. The molecule has 0 aliphatic rings. The zero-order valence-corrected chi connectivity index (χ0v) is 6.11. The van der Waals surface area contributed by atoms with E-state index in [1.54, 1.807) is 10.9 Å². The molecule has 0 aliphatic heterocycles. The molecule has 0 saturated heterocycles. The molecule has 1 aromatic heterocycles. The van der Waals surface area contributed by atoms with Gasteiger partial charge in [-0.2, -0.15) is 0 Å². The van der Waals surface area contributed by atoms with Crippen LogP contribution in [0.15, 0.2) is 10.9 Å². The zero-order valence-electron chi connectivity index (χ0n) is 4.48. The first-order valence-electron chi connectivity index (χ1n) is 2.23. The largest absolute Gasteiger partial charge is 0.306 e. The molecule has 0 amide bonds. The van der Waals surface area contributed by atoms with Crippen molar-refractivity contribution in [2.24, 2.45) is 0 Å². The van der Waals surface area contributed by atoms with Crippen LogP contribution in [0.1, 0.15) is 5.69 Å². The molecule has 0 aromatic carbocycles. The van der Waals surface area contributed by atoms with Gasteiger partial charge in [0.2, 0.25) is 0 Å². The van der Waals surface area contributed by atoms with E-state index in [4.69, 9.17) is 4.55 Å². The highest BCUT2D eigenvalue weighted by Crippen LogP contribution is 2.02. The molecule has 50 valence electrons. The van der Waals surface area contributed by atoms with Crippen LogP contribution in [0.3, 0.4) is 0 Å². The van der Waals surface area contributed by atoms with Crippen LogP contribution >= 0.6 is 11.3 Å². The fourth-order valence-electron chi connectivity index (χ4n) is 0.435. The Kier molecular flexibility index (Phi) is 2.32. The fraction of sp³-hybridized carbons (Fsp3) is 0.250. The quantitative estimate of drug-likeness (QED) is 0.658. The van der Waals surface area contributed by atoms with Gasteiger partial charge >= 0.3 is 0 Å². The summed E-state index contributed by atoms with van der Waals surface area (Å²) in [6.45, 7) is 0. The molecule has 9 heavy (non-hydrogen) atoms. The lowest BCUT2D eigenvalue weighted by Gasteiger charge is -1.85. The molecule has 0 saturated carbocycles. The summed E-state index contributed by atoms with van der Waals surface area (Å²) >= 11 is -0.326. The van der Waals surface area contributed by atoms with Crippen LogP contribution in [0, 0.1) is 0 Å². The Morgan fingerprint density at radius 3 is 3.11 bits per heavy atom. The minimum absolute atomic E-state index is 0.142. The van der Waals surface area contributed by atoms with Crippen molar-refractivity contribution >= 4 is 22.4 Å². The maximum absolute atomic E-state index is 10.1. The van der Waals surface area contributed by atoms with Gasteiger partial charge in [-0.3, -0.25) is 0 Å². The van der Waals surface area contributed by atoms with E-state index in [0.717, 1.165) is 0 Å². The first-order chi connectivity index (χ1) is 4.29. The summed E-state index contributed by atoms with van der Waals surface area (Å²) in [6.07, 6.45) is 0. The second-order valence-electron chi connectivity index (χ2n) is 1.45. The minimum atomic E-state index is -1.75. The Balaban J connectivity index is 2.58. The third-order valence-electron chi connectivity index (χ3n) is 0.755. The Morgan fingerprint density at radius 1 is 1.89 bits per heavy atom. The van der Waals surface area contributed by atoms with Gasteiger partial charge in [0.15, 0.2) is 11.1 Å². The summed E-state index contributed by atoms with van der Waals surface area (Å²) in [7, 11) is 0. The molecular weight excluding hydrogens is 158 g/mol. The predicted octanol–water partition coefficient (Wildman–Crippen LogP) is 0.865. The van der Waals surface area contributed by atoms with Crippen molar-refractivity contribution in [3.05, 3.63) is 16.6 Å². The summed E-state index contributed by atoms with van der Waals surface area (Å²) in [4.78, 5) is 3.82. The number of hydrogen-bond acceptors (Lipinski definition) is 3. The summed E-state index contributed by atoms with van der Waals surface area (Å²) in [5.41, 5.74) is 2.32. The van der Waals surface area contributed by atoms with Crippen LogP contribution in [0.25, 0.3) is 0 Å². The van der Waals surface area contributed by atoms with Gasteiger partial charge in [0, 0.05) is 5.38 Å². The normalized spacial score (nSPS) is 13.4. The second-order valence-corrected chi connectivity index (χ2v) is 3.10. The van der Waals surface area contributed by atoms with Crippen molar-refractivity contribution in [1.82, 2.24) is 4.98 Å². The first kappa shape index (κ1) is 6.85. The summed E-state index contributed by atoms with van der Waals surface area (Å²) in [6, 6.07) is 0. The predicted molar refractivity (Wildman–Crippen MR) is 36.6 cm³/mol. The number of rotatable bonds is 2. The van der Waals surface area contributed by atoms with Gasteiger partial charge in [-0.1, -0.05) is 0 Å². The standard InChI is InChI=1S/C4H5NO2S2/c6-9(7)2-4-1-8-3-5-4/h1,3H,2H2,(H,6,7). The molecule has 0 bridgehead atoms. The fourth-order valence-corrected chi connectivity index (χ4v) is 1.51. The first-order valence-corrected chi connectivity index (χ1v) is 4.45. The van der Waals surface area contributed by atoms with Crippen LogP contribution in [0.2, 0.25) is 0 Å². The molecule has 1 atom stereocenters. The van der Waals surface area contributed by atoms with Gasteiger partial charge in [0.05, 0.1) is 17.0 Å². The lowest BCUT2D eigenvalue weighted by molar-refractivity contribution is 0.563. The van der Waals surface area contributed by atoms with E-state index >= 15 is 0 Å². The van der Waals surface area contributed by atoms with E-state index in [-0.39, 0.29) is 5.75 Å². The molecular formula is C4H5NO2S2. The smallest absolute Gasteiger partial charge is 0.158 e.